The quantitative estimate of drug-likeness (QED) is 0.360. The fourth-order valence-corrected chi connectivity index (χ4v) is 4.53. The van der Waals surface area contributed by atoms with E-state index in [1.807, 2.05) is 6.07 Å². The lowest BCUT2D eigenvalue weighted by atomic mass is 9.97. The lowest BCUT2D eigenvalue weighted by molar-refractivity contribution is -0.145. The molecule has 1 atom stereocenters. The Labute approximate surface area is 170 Å². The molecule has 0 saturated carbocycles. The van der Waals surface area contributed by atoms with Crippen LogP contribution >= 0.6 is 7.60 Å². The molecule has 1 unspecified atom stereocenters. The van der Waals surface area contributed by atoms with Gasteiger partial charge in [-0.3, -0.25) is 9.36 Å². The highest BCUT2D eigenvalue weighted by Gasteiger charge is 2.34. The van der Waals surface area contributed by atoms with Crippen LogP contribution in [0.2, 0.25) is 0 Å². The topological polar surface area (TPSA) is 125 Å². The number of nitriles is 1. The molecule has 0 amide bonds. The predicted molar refractivity (Wildman–Crippen MR) is 103 cm³/mol. The molecule has 10 heteroatoms. The van der Waals surface area contributed by atoms with Gasteiger partial charge in [-0.15, -0.1) is 0 Å². The van der Waals surface area contributed by atoms with Crippen LogP contribution in [0.3, 0.4) is 0 Å². The van der Waals surface area contributed by atoms with Crippen molar-refractivity contribution in [2.45, 2.75) is 47.2 Å². The van der Waals surface area contributed by atoms with E-state index in [1.54, 1.807) is 34.6 Å². The van der Waals surface area contributed by atoms with Gasteiger partial charge in [0, 0.05) is 12.0 Å². The lowest BCUT2D eigenvalue weighted by Crippen LogP contribution is -2.19. The highest BCUT2D eigenvalue weighted by molar-refractivity contribution is 7.53. The van der Waals surface area contributed by atoms with Crippen molar-refractivity contribution in [2.75, 3.05) is 26.4 Å². The van der Waals surface area contributed by atoms with Crippen LogP contribution in [0.4, 0.5) is 0 Å². The molecule has 0 spiro atoms. The van der Waals surface area contributed by atoms with Gasteiger partial charge >= 0.3 is 19.5 Å². The minimum absolute atomic E-state index is 0.0718. The van der Waals surface area contributed by atoms with Crippen molar-refractivity contribution in [3.63, 3.8) is 0 Å². The summed E-state index contributed by atoms with van der Waals surface area (Å²) in [6.45, 7) is 8.75. The molecule has 0 radical (unpaired) electrons. The molecule has 0 N–H and O–H groups in total. The third-order valence-electron chi connectivity index (χ3n) is 3.92. The predicted octanol–water partition coefficient (Wildman–Crippen LogP) is 3.78. The number of nitrogens with zero attached hydrogens (tertiary/aromatic N) is 1. The van der Waals surface area contributed by atoms with Crippen molar-refractivity contribution in [3.8, 4) is 6.07 Å². The third-order valence-corrected chi connectivity index (χ3v) is 5.92. The van der Waals surface area contributed by atoms with Gasteiger partial charge in [0.2, 0.25) is 5.76 Å². The molecule has 1 aromatic heterocycles. The first-order chi connectivity index (χ1) is 13.8. The zero-order valence-electron chi connectivity index (χ0n) is 17.5. The molecule has 0 aliphatic rings. The average Bonchev–Trinajstić information content (AvgIpc) is 2.95. The minimum Gasteiger partial charge on any atom is -0.465 e. The fourth-order valence-electron chi connectivity index (χ4n) is 2.77. The fraction of sp³-hybridized carbons (Fsp3) is 0.632. The number of aryl methyl sites for hydroxylation is 1. The Bertz CT molecular complexity index is 785. The Morgan fingerprint density at radius 3 is 2.10 bits per heavy atom. The van der Waals surface area contributed by atoms with Gasteiger partial charge in [-0.2, -0.15) is 5.26 Å². The molecular formula is C19H28NO8P. The molecule has 1 aromatic rings. The van der Waals surface area contributed by atoms with E-state index in [0.717, 1.165) is 0 Å². The van der Waals surface area contributed by atoms with E-state index in [1.165, 1.54) is 0 Å². The van der Waals surface area contributed by atoms with E-state index >= 15 is 0 Å². The summed E-state index contributed by atoms with van der Waals surface area (Å²) < 4.78 is 39.3. The molecule has 1 heterocycles. The first-order valence-electron chi connectivity index (χ1n) is 9.49. The molecule has 0 aliphatic carbocycles. The monoisotopic (exact) mass is 429 g/mol. The van der Waals surface area contributed by atoms with Gasteiger partial charge in [-0.05, 0) is 40.2 Å². The standard InChI is InChI=1S/C19H28NO8P/c1-6-24-18(21)14(11-20)10-15-13(5)28-17(19(22)25-7-2)16(15)12-29(23,26-8-3)27-9-4/h14H,6-10,12H2,1-5H3. The molecule has 9 nitrogen and oxygen atoms in total. The van der Waals surface area contributed by atoms with E-state index in [9.17, 15) is 19.4 Å². The van der Waals surface area contributed by atoms with Crippen molar-refractivity contribution in [2.24, 2.45) is 5.92 Å². The molecule has 0 aliphatic heterocycles. The summed E-state index contributed by atoms with van der Waals surface area (Å²) in [6.07, 6.45) is -0.325. The SMILES string of the molecule is CCOC(=O)c1oc(C)c(CC(C#N)C(=O)OCC)c1CP(=O)(OCC)OCC. The Morgan fingerprint density at radius 2 is 1.62 bits per heavy atom. The van der Waals surface area contributed by atoms with E-state index in [4.69, 9.17) is 22.9 Å². The van der Waals surface area contributed by atoms with Crippen LogP contribution in [-0.2, 0) is 40.5 Å². The Morgan fingerprint density at radius 1 is 1.03 bits per heavy atom. The highest BCUT2D eigenvalue weighted by atomic mass is 31.2. The zero-order valence-corrected chi connectivity index (χ0v) is 18.4. The Balaban J connectivity index is 3.44. The van der Waals surface area contributed by atoms with Gasteiger partial charge in [-0.25, -0.2) is 4.79 Å². The van der Waals surface area contributed by atoms with Crippen molar-refractivity contribution in [1.29, 1.82) is 5.26 Å². The molecule has 162 valence electrons. The number of hydrogen-bond donors (Lipinski definition) is 0. The Kier molecular flexibility index (Phi) is 10.1. The Hall–Kier alpha value is -2.14. The number of hydrogen-bond acceptors (Lipinski definition) is 9. The summed E-state index contributed by atoms with van der Waals surface area (Å²) in [7, 11) is -3.60. The second kappa shape index (κ2) is 11.8. The molecule has 29 heavy (non-hydrogen) atoms. The lowest BCUT2D eigenvalue weighted by Gasteiger charge is -2.18. The summed E-state index contributed by atoms with van der Waals surface area (Å²) in [6, 6.07) is 1.90. The molecule has 0 saturated heterocycles. The van der Waals surface area contributed by atoms with Crippen LogP contribution in [-0.4, -0.2) is 38.4 Å². The van der Waals surface area contributed by atoms with Crippen molar-refractivity contribution in [3.05, 3.63) is 22.6 Å². The number of ether oxygens (including phenoxy) is 2. The summed E-state index contributed by atoms with van der Waals surface area (Å²) in [5.41, 5.74) is 0.656. The van der Waals surface area contributed by atoms with Gasteiger partial charge in [0.15, 0.2) is 0 Å². The van der Waals surface area contributed by atoms with Crippen LogP contribution in [0.15, 0.2) is 4.42 Å². The maximum atomic E-state index is 13.1. The van der Waals surface area contributed by atoms with Crippen LogP contribution in [0, 0.1) is 24.2 Å². The van der Waals surface area contributed by atoms with Gasteiger partial charge in [0.1, 0.15) is 11.7 Å². The van der Waals surface area contributed by atoms with E-state index < -0.39 is 25.5 Å². The smallest absolute Gasteiger partial charge is 0.374 e. The van der Waals surface area contributed by atoms with E-state index in [-0.39, 0.29) is 50.3 Å². The summed E-state index contributed by atoms with van der Waals surface area (Å²) in [5.74, 6) is -2.36. The number of furan rings is 1. The molecular weight excluding hydrogens is 401 g/mol. The van der Waals surface area contributed by atoms with Crippen molar-refractivity contribution in [1.82, 2.24) is 0 Å². The maximum Gasteiger partial charge on any atom is 0.374 e. The van der Waals surface area contributed by atoms with Crippen LogP contribution in [0.1, 0.15) is 55.1 Å². The van der Waals surface area contributed by atoms with Crippen LogP contribution in [0.25, 0.3) is 0 Å². The van der Waals surface area contributed by atoms with E-state index in [0.29, 0.717) is 11.3 Å². The summed E-state index contributed by atoms with van der Waals surface area (Å²) >= 11 is 0. The molecule has 1 rings (SSSR count). The second-order valence-corrected chi connectivity index (χ2v) is 7.96. The number of rotatable bonds is 12. The molecule has 0 bridgehead atoms. The maximum absolute atomic E-state index is 13.1. The first kappa shape index (κ1) is 24.9. The summed E-state index contributed by atoms with van der Waals surface area (Å²) in [4.78, 5) is 24.4. The van der Waals surface area contributed by atoms with Crippen molar-refractivity contribution >= 4 is 19.5 Å². The third kappa shape index (κ3) is 6.70. The van der Waals surface area contributed by atoms with Crippen LogP contribution in [0.5, 0.6) is 0 Å². The molecule has 0 fully saturated rings. The average molecular weight is 429 g/mol. The van der Waals surface area contributed by atoms with E-state index in [2.05, 4.69) is 0 Å². The van der Waals surface area contributed by atoms with Gasteiger partial charge in [0.05, 0.1) is 38.7 Å². The second-order valence-electron chi connectivity index (χ2n) is 5.91. The minimum atomic E-state index is -3.60. The number of esters is 2. The van der Waals surface area contributed by atoms with Crippen LogP contribution < -0.4 is 0 Å². The first-order valence-corrected chi connectivity index (χ1v) is 11.2. The van der Waals surface area contributed by atoms with Gasteiger partial charge in [-0.1, -0.05) is 0 Å². The summed E-state index contributed by atoms with van der Waals surface area (Å²) in [5, 5.41) is 9.39. The van der Waals surface area contributed by atoms with Gasteiger partial charge in [0.25, 0.3) is 0 Å². The molecule has 0 aromatic carbocycles. The largest absolute Gasteiger partial charge is 0.465 e. The highest BCUT2D eigenvalue weighted by Crippen LogP contribution is 2.53. The van der Waals surface area contributed by atoms with Gasteiger partial charge < -0.3 is 22.9 Å². The van der Waals surface area contributed by atoms with Crippen molar-refractivity contribution < 1.29 is 37.1 Å². The normalized spacial score (nSPS) is 12.3. The number of carbonyl (C=O) groups is 2. The zero-order chi connectivity index (χ0) is 22.0. The number of carbonyl (C=O) groups excluding carboxylic acids is 2.